The van der Waals surface area contributed by atoms with E-state index in [1.807, 2.05) is 31.2 Å². The normalized spacial score (nSPS) is 12.4. The molecule has 0 heterocycles. The van der Waals surface area contributed by atoms with Crippen LogP contribution in [0.3, 0.4) is 0 Å². The van der Waals surface area contributed by atoms with E-state index in [2.05, 4.69) is 6.92 Å². The van der Waals surface area contributed by atoms with Crippen molar-refractivity contribution < 1.29 is 9.53 Å². The summed E-state index contributed by atoms with van der Waals surface area (Å²) >= 11 is 0. The van der Waals surface area contributed by atoms with Crippen molar-refractivity contribution >= 4 is 6.29 Å². The molecule has 2 nitrogen and oxygen atoms in total. The molecule has 0 aliphatic rings. The molecule has 0 spiro atoms. The molecule has 0 aliphatic carbocycles. The smallest absolute Gasteiger partial charge is 0.150 e. The third-order valence-electron chi connectivity index (χ3n) is 2.41. The SMILES string of the molecule is CCOC(C)CCc1ccc(C=O)cc1. The molecule has 0 saturated carbocycles. The van der Waals surface area contributed by atoms with Gasteiger partial charge >= 0.3 is 0 Å². The number of benzene rings is 1. The van der Waals surface area contributed by atoms with Gasteiger partial charge in [-0.05, 0) is 32.3 Å². The van der Waals surface area contributed by atoms with Gasteiger partial charge < -0.3 is 4.74 Å². The minimum absolute atomic E-state index is 0.306. The molecule has 1 unspecified atom stereocenters. The van der Waals surface area contributed by atoms with E-state index >= 15 is 0 Å². The molecule has 1 aromatic carbocycles. The predicted octanol–water partition coefficient (Wildman–Crippen LogP) is 2.86. The molecule has 0 fully saturated rings. The molecule has 0 saturated heterocycles. The van der Waals surface area contributed by atoms with Gasteiger partial charge in [-0.2, -0.15) is 0 Å². The highest BCUT2D eigenvalue weighted by molar-refractivity contribution is 5.74. The summed E-state index contributed by atoms with van der Waals surface area (Å²) in [6.07, 6.45) is 3.20. The Morgan fingerprint density at radius 1 is 1.33 bits per heavy atom. The second-order valence-corrected chi connectivity index (χ2v) is 3.66. The summed E-state index contributed by atoms with van der Waals surface area (Å²) < 4.78 is 5.45. The minimum Gasteiger partial charge on any atom is -0.379 e. The van der Waals surface area contributed by atoms with Gasteiger partial charge in [-0.3, -0.25) is 4.79 Å². The molecule has 1 aromatic rings. The number of aryl methyl sites for hydroxylation is 1. The van der Waals surface area contributed by atoms with Crippen LogP contribution >= 0.6 is 0 Å². The van der Waals surface area contributed by atoms with E-state index in [-0.39, 0.29) is 0 Å². The van der Waals surface area contributed by atoms with E-state index in [0.29, 0.717) is 6.10 Å². The highest BCUT2D eigenvalue weighted by Crippen LogP contribution is 2.08. The average Bonchev–Trinajstić information content (AvgIpc) is 2.27. The summed E-state index contributed by atoms with van der Waals surface area (Å²) in [6, 6.07) is 7.71. The van der Waals surface area contributed by atoms with Gasteiger partial charge in [0.1, 0.15) is 6.29 Å². The highest BCUT2D eigenvalue weighted by Gasteiger charge is 2.01. The monoisotopic (exact) mass is 206 g/mol. The van der Waals surface area contributed by atoms with Crippen molar-refractivity contribution in [2.24, 2.45) is 0 Å². The van der Waals surface area contributed by atoms with Gasteiger partial charge in [-0.15, -0.1) is 0 Å². The Morgan fingerprint density at radius 2 is 2.00 bits per heavy atom. The zero-order valence-corrected chi connectivity index (χ0v) is 9.40. The topological polar surface area (TPSA) is 26.3 Å². The molecule has 1 rings (SSSR count). The highest BCUT2D eigenvalue weighted by atomic mass is 16.5. The van der Waals surface area contributed by atoms with Crippen molar-refractivity contribution in [3.05, 3.63) is 35.4 Å². The summed E-state index contributed by atoms with van der Waals surface area (Å²) in [4.78, 5) is 10.4. The summed E-state index contributed by atoms with van der Waals surface area (Å²) in [7, 11) is 0. The lowest BCUT2D eigenvalue weighted by molar-refractivity contribution is 0.0706. The van der Waals surface area contributed by atoms with Crippen LogP contribution in [0, 0.1) is 0 Å². The maximum absolute atomic E-state index is 10.4. The molecule has 0 aromatic heterocycles. The van der Waals surface area contributed by atoms with Crippen molar-refractivity contribution in [2.75, 3.05) is 6.61 Å². The summed E-state index contributed by atoms with van der Waals surface area (Å²) in [5.74, 6) is 0. The first-order valence-corrected chi connectivity index (χ1v) is 5.42. The first-order valence-electron chi connectivity index (χ1n) is 5.42. The molecule has 0 amide bonds. The molecule has 0 aliphatic heterocycles. The number of hydrogen-bond acceptors (Lipinski definition) is 2. The number of aldehydes is 1. The Kier molecular flexibility index (Phi) is 5.05. The van der Waals surface area contributed by atoms with E-state index in [4.69, 9.17) is 4.74 Å². The summed E-state index contributed by atoms with van der Waals surface area (Å²) in [5, 5.41) is 0. The molecule has 0 radical (unpaired) electrons. The third-order valence-corrected chi connectivity index (χ3v) is 2.41. The lowest BCUT2D eigenvalue weighted by Gasteiger charge is -2.10. The first-order chi connectivity index (χ1) is 7.26. The van der Waals surface area contributed by atoms with Crippen LogP contribution in [0.2, 0.25) is 0 Å². The lowest BCUT2D eigenvalue weighted by atomic mass is 10.1. The third kappa shape index (κ3) is 4.26. The first kappa shape index (κ1) is 11.9. The molecule has 1 atom stereocenters. The Labute approximate surface area is 91.3 Å². The molecule has 15 heavy (non-hydrogen) atoms. The number of rotatable bonds is 6. The van der Waals surface area contributed by atoms with Gasteiger partial charge in [0.05, 0.1) is 6.10 Å². The molecular formula is C13H18O2. The minimum atomic E-state index is 0.306. The standard InChI is InChI=1S/C13H18O2/c1-3-15-11(2)4-5-12-6-8-13(10-14)9-7-12/h6-11H,3-5H2,1-2H3. The maximum Gasteiger partial charge on any atom is 0.150 e. The Hall–Kier alpha value is -1.15. The lowest BCUT2D eigenvalue weighted by Crippen LogP contribution is -2.08. The van der Waals surface area contributed by atoms with Crippen LogP contribution in [0.15, 0.2) is 24.3 Å². The van der Waals surface area contributed by atoms with Crippen LogP contribution in [0.4, 0.5) is 0 Å². The summed E-state index contributed by atoms with van der Waals surface area (Å²) in [6.45, 7) is 4.86. The second-order valence-electron chi connectivity index (χ2n) is 3.66. The Bertz CT molecular complexity index is 290. The second kappa shape index (κ2) is 6.36. The fraction of sp³-hybridized carbons (Fsp3) is 0.462. The van der Waals surface area contributed by atoms with E-state index in [1.54, 1.807) is 0 Å². The Morgan fingerprint density at radius 3 is 2.53 bits per heavy atom. The molecule has 2 heteroatoms. The van der Waals surface area contributed by atoms with Gasteiger partial charge in [-0.25, -0.2) is 0 Å². The van der Waals surface area contributed by atoms with Crippen LogP contribution in [0.1, 0.15) is 36.2 Å². The average molecular weight is 206 g/mol. The van der Waals surface area contributed by atoms with E-state index in [1.165, 1.54) is 5.56 Å². The van der Waals surface area contributed by atoms with Crippen LogP contribution in [0.25, 0.3) is 0 Å². The van der Waals surface area contributed by atoms with Gasteiger partial charge in [0, 0.05) is 12.2 Å². The van der Waals surface area contributed by atoms with Crippen molar-refractivity contribution in [2.45, 2.75) is 32.8 Å². The van der Waals surface area contributed by atoms with E-state index in [0.717, 1.165) is 31.3 Å². The van der Waals surface area contributed by atoms with Crippen LogP contribution in [-0.4, -0.2) is 19.0 Å². The number of hydrogen-bond donors (Lipinski definition) is 0. The van der Waals surface area contributed by atoms with Crippen molar-refractivity contribution in [1.82, 2.24) is 0 Å². The van der Waals surface area contributed by atoms with Crippen molar-refractivity contribution in [3.8, 4) is 0 Å². The van der Waals surface area contributed by atoms with Gasteiger partial charge in [0.25, 0.3) is 0 Å². The predicted molar refractivity (Wildman–Crippen MR) is 61.2 cm³/mol. The zero-order valence-electron chi connectivity index (χ0n) is 9.40. The number of ether oxygens (including phenoxy) is 1. The Balaban J connectivity index is 2.40. The molecule has 0 bridgehead atoms. The van der Waals surface area contributed by atoms with Gasteiger partial charge in [0.15, 0.2) is 0 Å². The van der Waals surface area contributed by atoms with Crippen molar-refractivity contribution in [1.29, 1.82) is 0 Å². The number of carbonyl (C=O) groups excluding carboxylic acids is 1. The van der Waals surface area contributed by atoms with Crippen molar-refractivity contribution in [3.63, 3.8) is 0 Å². The van der Waals surface area contributed by atoms with Gasteiger partial charge in [0.2, 0.25) is 0 Å². The van der Waals surface area contributed by atoms with E-state index in [9.17, 15) is 4.79 Å². The van der Waals surface area contributed by atoms with Crippen LogP contribution < -0.4 is 0 Å². The molecule has 82 valence electrons. The summed E-state index contributed by atoms with van der Waals surface area (Å²) in [5.41, 5.74) is 1.99. The van der Waals surface area contributed by atoms with E-state index < -0.39 is 0 Å². The fourth-order valence-corrected chi connectivity index (χ4v) is 1.50. The van der Waals surface area contributed by atoms with Crippen LogP contribution in [-0.2, 0) is 11.2 Å². The largest absolute Gasteiger partial charge is 0.379 e. The molecular weight excluding hydrogens is 188 g/mol. The maximum atomic E-state index is 10.4. The van der Waals surface area contributed by atoms with Gasteiger partial charge in [-0.1, -0.05) is 24.3 Å². The zero-order chi connectivity index (χ0) is 11.1. The van der Waals surface area contributed by atoms with Crippen LogP contribution in [0.5, 0.6) is 0 Å². The fourth-order valence-electron chi connectivity index (χ4n) is 1.50. The molecule has 0 N–H and O–H groups in total. The quantitative estimate of drug-likeness (QED) is 0.669. The number of carbonyl (C=O) groups is 1.